The van der Waals surface area contributed by atoms with E-state index in [0.717, 1.165) is 0 Å². The number of carbonyl (C=O) groups excluding carboxylic acids is 1. The van der Waals surface area contributed by atoms with Gasteiger partial charge in [-0.15, -0.1) is 0 Å². The Kier molecular flexibility index (Phi) is 4.69. The molecule has 0 saturated carbocycles. The van der Waals surface area contributed by atoms with E-state index < -0.39 is 11.5 Å². The Bertz CT molecular complexity index is 458. The van der Waals surface area contributed by atoms with Gasteiger partial charge in [-0.3, -0.25) is 9.63 Å². The number of carbonyl (C=O) groups is 1. The molecule has 1 rings (SSSR count). The van der Waals surface area contributed by atoms with Gasteiger partial charge in [0.2, 0.25) is 0 Å². The Labute approximate surface area is 106 Å². The predicted molar refractivity (Wildman–Crippen MR) is 65.6 cm³/mol. The van der Waals surface area contributed by atoms with E-state index in [1.54, 1.807) is 24.3 Å². The molecule has 1 N–H and O–H groups in total. The van der Waals surface area contributed by atoms with Crippen LogP contribution in [0.3, 0.4) is 0 Å². The lowest BCUT2D eigenvalue weighted by Crippen LogP contribution is -2.36. The van der Waals surface area contributed by atoms with Crippen LogP contribution in [-0.2, 0) is 9.63 Å². The van der Waals surface area contributed by atoms with Crippen molar-refractivity contribution >= 4 is 5.91 Å². The molecule has 1 aromatic carbocycles. The van der Waals surface area contributed by atoms with Crippen LogP contribution >= 0.6 is 0 Å². The van der Waals surface area contributed by atoms with Crippen molar-refractivity contribution < 1.29 is 14.4 Å². The number of nitrogens with one attached hydrogen (secondary N) is 1. The lowest BCUT2D eigenvalue weighted by Gasteiger charge is -2.19. The van der Waals surface area contributed by atoms with Gasteiger partial charge >= 0.3 is 0 Å². The summed E-state index contributed by atoms with van der Waals surface area (Å²) in [5, 5.41) is 8.84. The Balaban J connectivity index is 2.46. The van der Waals surface area contributed by atoms with E-state index in [0.29, 0.717) is 11.3 Å². The molecule has 0 bridgehead atoms. The van der Waals surface area contributed by atoms with Crippen LogP contribution in [0, 0.1) is 11.3 Å². The van der Waals surface area contributed by atoms with Crippen LogP contribution in [0.15, 0.2) is 24.3 Å². The molecule has 0 radical (unpaired) electrons. The minimum absolute atomic E-state index is 0.200. The molecule has 96 valence electrons. The topological polar surface area (TPSA) is 71.3 Å². The molecule has 0 saturated heterocycles. The normalized spacial score (nSPS) is 10.6. The molecule has 5 heteroatoms. The first-order valence-electron chi connectivity index (χ1n) is 5.51. The summed E-state index contributed by atoms with van der Waals surface area (Å²) in [4.78, 5) is 16.5. The van der Waals surface area contributed by atoms with Gasteiger partial charge in [-0.05, 0) is 32.9 Å². The summed E-state index contributed by atoms with van der Waals surface area (Å²) >= 11 is 0. The second kappa shape index (κ2) is 6.03. The summed E-state index contributed by atoms with van der Waals surface area (Å²) in [7, 11) is 0. The minimum Gasteiger partial charge on any atom is -0.482 e. The van der Waals surface area contributed by atoms with E-state index in [2.05, 4.69) is 5.48 Å². The van der Waals surface area contributed by atoms with E-state index in [-0.39, 0.29) is 6.61 Å². The van der Waals surface area contributed by atoms with Gasteiger partial charge in [0, 0.05) is 0 Å². The number of hydrogen-bond acceptors (Lipinski definition) is 4. The molecule has 0 aliphatic rings. The van der Waals surface area contributed by atoms with Gasteiger partial charge in [-0.25, -0.2) is 5.48 Å². The third-order valence-corrected chi connectivity index (χ3v) is 1.84. The fraction of sp³-hybridized carbons (Fsp3) is 0.385. The van der Waals surface area contributed by atoms with Crippen molar-refractivity contribution in [3.63, 3.8) is 0 Å². The Morgan fingerprint density at radius 2 is 2.06 bits per heavy atom. The molecule has 5 nitrogen and oxygen atoms in total. The van der Waals surface area contributed by atoms with Crippen molar-refractivity contribution in [2.45, 2.75) is 26.4 Å². The molecule has 0 heterocycles. The maximum Gasteiger partial charge on any atom is 0.281 e. The van der Waals surface area contributed by atoms with Crippen molar-refractivity contribution in [1.29, 1.82) is 5.26 Å². The average molecular weight is 248 g/mol. The SMILES string of the molecule is CC(C)(C)ONC(=O)COc1ccccc1C#N. The zero-order valence-corrected chi connectivity index (χ0v) is 10.7. The minimum atomic E-state index is -0.458. The summed E-state index contributed by atoms with van der Waals surface area (Å²) in [6.45, 7) is 5.26. The maximum absolute atomic E-state index is 11.4. The largest absolute Gasteiger partial charge is 0.482 e. The number of hydrogen-bond donors (Lipinski definition) is 1. The van der Waals surface area contributed by atoms with Crippen LogP contribution in [0.25, 0.3) is 0 Å². The quantitative estimate of drug-likeness (QED) is 0.824. The fourth-order valence-corrected chi connectivity index (χ4v) is 1.07. The lowest BCUT2D eigenvalue weighted by molar-refractivity contribution is -0.147. The molecule has 1 aromatic rings. The van der Waals surface area contributed by atoms with Gasteiger partial charge in [0.15, 0.2) is 6.61 Å². The van der Waals surface area contributed by atoms with Gasteiger partial charge in [0.05, 0.1) is 11.2 Å². The van der Waals surface area contributed by atoms with Gasteiger partial charge in [0.1, 0.15) is 11.8 Å². The van der Waals surface area contributed by atoms with Crippen LogP contribution in [0.5, 0.6) is 5.75 Å². The molecule has 0 fully saturated rings. The van der Waals surface area contributed by atoms with Crippen molar-refractivity contribution in [2.24, 2.45) is 0 Å². The number of hydroxylamine groups is 1. The van der Waals surface area contributed by atoms with E-state index in [4.69, 9.17) is 14.8 Å². The van der Waals surface area contributed by atoms with E-state index >= 15 is 0 Å². The van der Waals surface area contributed by atoms with Gasteiger partial charge in [-0.1, -0.05) is 12.1 Å². The second-order valence-electron chi connectivity index (χ2n) is 4.64. The van der Waals surface area contributed by atoms with Crippen LogP contribution in [0.1, 0.15) is 26.3 Å². The monoisotopic (exact) mass is 248 g/mol. The van der Waals surface area contributed by atoms with Crippen LogP contribution in [-0.4, -0.2) is 18.1 Å². The zero-order valence-electron chi connectivity index (χ0n) is 10.7. The summed E-state index contributed by atoms with van der Waals surface area (Å²) in [6.07, 6.45) is 0. The van der Waals surface area contributed by atoms with E-state index in [1.165, 1.54) is 0 Å². The van der Waals surface area contributed by atoms with Crippen molar-refractivity contribution in [3.8, 4) is 11.8 Å². The maximum atomic E-state index is 11.4. The van der Waals surface area contributed by atoms with Gasteiger partial charge in [0.25, 0.3) is 5.91 Å². The molecule has 0 aliphatic carbocycles. The molecule has 1 amide bonds. The van der Waals surface area contributed by atoms with Crippen LogP contribution in [0.4, 0.5) is 0 Å². The highest BCUT2D eigenvalue weighted by Gasteiger charge is 2.13. The number of benzene rings is 1. The molecule has 0 aromatic heterocycles. The van der Waals surface area contributed by atoms with Crippen LogP contribution in [0.2, 0.25) is 0 Å². The first-order valence-corrected chi connectivity index (χ1v) is 5.51. The highest BCUT2D eigenvalue weighted by Crippen LogP contribution is 2.16. The highest BCUT2D eigenvalue weighted by molar-refractivity contribution is 5.76. The van der Waals surface area contributed by atoms with Crippen molar-refractivity contribution in [1.82, 2.24) is 5.48 Å². The van der Waals surface area contributed by atoms with Crippen molar-refractivity contribution in [2.75, 3.05) is 6.61 Å². The smallest absolute Gasteiger partial charge is 0.281 e. The molecule has 0 atom stereocenters. The lowest BCUT2D eigenvalue weighted by atomic mass is 10.2. The highest BCUT2D eigenvalue weighted by atomic mass is 16.7. The average Bonchev–Trinajstić information content (AvgIpc) is 2.33. The summed E-state index contributed by atoms with van der Waals surface area (Å²) < 4.78 is 5.24. The molecular formula is C13H16N2O3. The van der Waals surface area contributed by atoms with Crippen molar-refractivity contribution in [3.05, 3.63) is 29.8 Å². The molecule has 18 heavy (non-hydrogen) atoms. The van der Waals surface area contributed by atoms with Gasteiger partial charge < -0.3 is 4.74 Å². The third kappa shape index (κ3) is 4.85. The standard InChI is InChI=1S/C13H16N2O3/c1-13(2,3)18-15-12(16)9-17-11-7-5-4-6-10(11)8-14/h4-7H,9H2,1-3H3,(H,15,16). The number of ether oxygens (including phenoxy) is 1. The molecule has 0 unspecified atom stereocenters. The molecule has 0 aliphatic heterocycles. The van der Waals surface area contributed by atoms with Crippen LogP contribution < -0.4 is 10.2 Å². The first kappa shape index (κ1) is 14.0. The third-order valence-electron chi connectivity index (χ3n) is 1.84. The number of nitrogens with zero attached hydrogens (tertiary/aromatic N) is 1. The summed E-state index contributed by atoms with van der Waals surface area (Å²) in [5.41, 5.74) is 2.22. The fourth-order valence-electron chi connectivity index (χ4n) is 1.07. The number of para-hydroxylation sites is 1. The number of amides is 1. The Morgan fingerprint density at radius 3 is 2.67 bits per heavy atom. The van der Waals surface area contributed by atoms with E-state index in [9.17, 15) is 4.79 Å². The predicted octanol–water partition coefficient (Wildman–Crippen LogP) is 1.78. The Morgan fingerprint density at radius 1 is 1.39 bits per heavy atom. The summed E-state index contributed by atoms with van der Waals surface area (Å²) in [6, 6.07) is 8.71. The zero-order chi connectivity index (χ0) is 13.6. The molecular weight excluding hydrogens is 232 g/mol. The first-order chi connectivity index (χ1) is 8.42. The van der Waals surface area contributed by atoms with E-state index in [1.807, 2.05) is 26.8 Å². The summed E-state index contributed by atoms with van der Waals surface area (Å²) in [5.74, 6) is -0.0245. The van der Waals surface area contributed by atoms with Gasteiger partial charge in [-0.2, -0.15) is 5.26 Å². The second-order valence-corrected chi connectivity index (χ2v) is 4.64. The number of rotatable bonds is 4. The Hall–Kier alpha value is -2.06. The number of nitriles is 1. The molecule has 0 spiro atoms.